The Hall–Kier alpha value is -0.0400. The Morgan fingerprint density at radius 1 is 0.867 bits per heavy atom. The first-order valence-electron chi connectivity index (χ1n) is 7.09. The lowest BCUT2D eigenvalue weighted by molar-refractivity contribution is 0.0314. The quantitative estimate of drug-likeness (QED) is 0.643. The van der Waals surface area contributed by atoms with Crippen molar-refractivity contribution in [1.29, 1.82) is 0 Å². The fourth-order valence-electron chi connectivity index (χ4n) is 4.68. The van der Waals surface area contributed by atoms with E-state index in [-0.39, 0.29) is 0 Å². The van der Waals surface area contributed by atoms with Crippen LogP contribution in [0.4, 0.5) is 0 Å². The van der Waals surface area contributed by atoms with E-state index in [1.165, 1.54) is 51.5 Å². The number of rotatable bonds is 0. The third-order valence-electron chi connectivity index (χ3n) is 5.45. The molecule has 1 heteroatoms. The number of fused-ring (bicyclic) bond motifs is 3. The van der Waals surface area contributed by atoms with Gasteiger partial charge in [0, 0.05) is 6.04 Å². The first-order chi connectivity index (χ1) is 7.36. The summed E-state index contributed by atoms with van der Waals surface area (Å²) in [6.45, 7) is 3.79. The summed E-state index contributed by atoms with van der Waals surface area (Å²) in [6.07, 6.45) is 10.5. The molecule has 2 saturated carbocycles. The Morgan fingerprint density at radius 3 is 2.73 bits per heavy atom. The van der Waals surface area contributed by atoms with Crippen LogP contribution in [0.2, 0.25) is 0 Å². The van der Waals surface area contributed by atoms with Crippen LogP contribution in [-0.2, 0) is 0 Å². The van der Waals surface area contributed by atoms with Crippen LogP contribution < -0.4 is 5.32 Å². The molecule has 3 aliphatic rings. The summed E-state index contributed by atoms with van der Waals surface area (Å²) in [5, 5.41) is 3.84. The summed E-state index contributed by atoms with van der Waals surface area (Å²) in [6, 6.07) is 0.903. The molecule has 2 aliphatic carbocycles. The van der Waals surface area contributed by atoms with E-state index in [0.29, 0.717) is 0 Å². The van der Waals surface area contributed by atoms with Crippen LogP contribution in [0.3, 0.4) is 0 Å². The Morgan fingerprint density at radius 2 is 1.80 bits per heavy atom. The van der Waals surface area contributed by atoms with E-state index in [9.17, 15) is 0 Å². The summed E-state index contributed by atoms with van der Waals surface area (Å²) in [5.41, 5.74) is 0. The van der Waals surface area contributed by atoms with E-state index in [2.05, 4.69) is 12.2 Å². The zero-order valence-corrected chi connectivity index (χ0v) is 10.0. The van der Waals surface area contributed by atoms with Crippen molar-refractivity contribution in [3.63, 3.8) is 0 Å². The maximum absolute atomic E-state index is 3.84. The molecule has 1 nitrogen and oxygen atoms in total. The molecule has 0 aromatic heterocycles. The van der Waals surface area contributed by atoms with Gasteiger partial charge in [-0.05, 0) is 62.3 Å². The van der Waals surface area contributed by atoms with Crippen molar-refractivity contribution >= 4 is 0 Å². The molecule has 1 aliphatic heterocycles. The fraction of sp³-hybridized carbons (Fsp3) is 1.00. The summed E-state index contributed by atoms with van der Waals surface area (Å²) < 4.78 is 0. The van der Waals surface area contributed by atoms with E-state index in [4.69, 9.17) is 0 Å². The van der Waals surface area contributed by atoms with Crippen LogP contribution in [-0.4, -0.2) is 12.6 Å². The zero-order chi connectivity index (χ0) is 10.3. The lowest BCUT2D eigenvalue weighted by atomic mass is 9.60. The van der Waals surface area contributed by atoms with Gasteiger partial charge in [-0.1, -0.05) is 19.8 Å². The van der Waals surface area contributed by atoms with E-state index in [1.54, 1.807) is 0 Å². The summed E-state index contributed by atoms with van der Waals surface area (Å²) >= 11 is 0. The smallest absolute Gasteiger partial charge is 0.0126 e. The third-order valence-corrected chi connectivity index (χ3v) is 5.45. The lowest BCUT2D eigenvalue weighted by Gasteiger charge is -2.50. The largest absolute Gasteiger partial charge is 0.313 e. The highest BCUT2D eigenvalue weighted by atomic mass is 14.9. The summed E-state index contributed by atoms with van der Waals surface area (Å²) in [4.78, 5) is 0. The van der Waals surface area contributed by atoms with Crippen molar-refractivity contribution in [3.05, 3.63) is 0 Å². The second-order valence-electron chi connectivity index (χ2n) is 6.20. The first kappa shape index (κ1) is 10.1. The fourth-order valence-corrected chi connectivity index (χ4v) is 4.68. The van der Waals surface area contributed by atoms with Gasteiger partial charge in [0.05, 0.1) is 0 Å². The van der Waals surface area contributed by atoms with Crippen LogP contribution in [0, 0.1) is 23.7 Å². The number of piperidine rings is 1. The second kappa shape index (κ2) is 4.08. The molecule has 3 rings (SSSR count). The molecule has 5 atom stereocenters. The van der Waals surface area contributed by atoms with Gasteiger partial charge < -0.3 is 5.32 Å². The highest BCUT2D eigenvalue weighted by Crippen LogP contribution is 2.47. The Labute approximate surface area is 94.0 Å². The molecule has 0 aromatic rings. The average molecular weight is 207 g/mol. The average Bonchev–Trinajstić information content (AvgIpc) is 2.29. The number of hydrogen-bond donors (Lipinski definition) is 1. The van der Waals surface area contributed by atoms with Crippen molar-refractivity contribution in [2.75, 3.05) is 6.54 Å². The van der Waals surface area contributed by atoms with Crippen molar-refractivity contribution in [2.45, 2.75) is 57.9 Å². The zero-order valence-electron chi connectivity index (χ0n) is 10.0. The lowest BCUT2D eigenvalue weighted by Crippen LogP contribution is -2.53. The molecular formula is C14H25N. The highest BCUT2D eigenvalue weighted by Gasteiger charge is 2.43. The molecule has 15 heavy (non-hydrogen) atoms. The van der Waals surface area contributed by atoms with Gasteiger partial charge in [-0.2, -0.15) is 0 Å². The minimum Gasteiger partial charge on any atom is -0.313 e. The second-order valence-corrected chi connectivity index (χ2v) is 6.20. The molecule has 1 N–H and O–H groups in total. The van der Waals surface area contributed by atoms with Gasteiger partial charge in [-0.3, -0.25) is 0 Å². The minimum absolute atomic E-state index is 0.903. The maximum Gasteiger partial charge on any atom is 0.0126 e. The number of hydrogen-bond acceptors (Lipinski definition) is 1. The Balaban J connectivity index is 1.76. The minimum atomic E-state index is 0.903. The molecule has 0 amide bonds. The van der Waals surface area contributed by atoms with Gasteiger partial charge in [0.25, 0.3) is 0 Å². The normalized spacial score (nSPS) is 50.6. The summed E-state index contributed by atoms with van der Waals surface area (Å²) in [7, 11) is 0. The first-order valence-corrected chi connectivity index (χ1v) is 7.09. The van der Waals surface area contributed by atoms with Gasteiger partial charge in [0.2, 0.25) is 0 Å². The van der Waals surface area contributed by atoms with E-state index < -0.39 is 0 Å². The molecule has 0 spiro atoms. The van der Waals surface area contributed by atoms with Crippen molar-refractivity contribution in [2.24, 2.45) is 23.7 Å². The molecule has 0 radical (unpaired) electrons. The van der Waals surface area contributed by atoms with Gasteiger partial charge >= 0.3 is 0 Å². The van der Waals surface area contributed by atoms with Crippen LogP contribution >= 0.6 is 0 Å². The predicted octanol–water partition coefficient (Wildman–Crippen LogP) is 3.20. The topological polar surface area (TPSA) is 12.0 Å². The third kappa shape index (κ3) is 1.73. The molecule has 1 saturated heterocycles. The highest BCUT2D eigenvalue weighted by molar-refractivity contribution is 4.97. The maximum atomic E-state index is 3.84. The Kier molecular flexibility index (Phi) is 2.76. The standard InChI is InChI=1S/C14H25N/c1-10-4-2-6-13-12(10)8-7-11-5-3-9-15-14(11)13/h10-15H,2-9H2,1H3. The Bertz CT molecular complexity index is 225. The van der Waals surface area contributed by atoms with E-state index in [0.717, 1.165) is 29.7 Å². The van der Waals surface area contributed by atoms with E-state index >= 15 is 0 Å². The molecule has 5 unspecified atom stereocenters. The SMILES string of the molecule is CC1CCCC2C1CCC1CCCNC12. The molecule has 0 bridgehead atoms. The van der Waals surface area contributed by atoms with E-state index in [1.807, 2.05) is 0 Å². The van der Waals surface area contributed by atoms with Crippen molar-refractivity contribution in [1.82, 2.24) is 5.32 Å². The van der Waals surface area contributed by atoms with Crippen LogP contribution in [0.25, 0.3) is 0 Å². The predicted molar refractivity (Wildman–Crippen MR) is 63.7 cm³/mol. The van der Waals surface area contributed by atoms with Crippen molar-refractivity contribution < 1.29 is 0 Å². The monoisotopic (exact) mass is 207 g/mol. The molecule has 1 heterocycles. The molecule has 0 aromatic carbocycles. The van der Waals surface area contributed by atoms with Gasteiger partial charge in [-0.25, -0.2) is 0 Å². The van der Waals surface area contributed by atoms with Crippen LogP contribution in [0.15, 0.2) is 0 Å². The molecular weight excluding hydrogens is 182 g/mol. The number of nitrogens with one attached hydrogen (secondary N) is 1. The molecule has 3 fully saturated rings. The van der Waals surface area contributed by atoms with Gasteiger partial charge in [0.15, 0.2) is 0 Å². The van der Waals surface area contributed by atoms with Gasteiger partial charge in [-0.15, -0.1) is 0 Å². The van der Waals surface area contributed by atoms with Gasteiger partial charge in [0.1, 0.15) is 0 Å². The van der Waals surface area contributed by atoms with Crippen LogP contribution in [0.1, 0.15) is 51.9 Å². The summed E-state index contributed by atoms with van der Waals surface area (Å²) in [5.74, 6) is 4.14. The van der Waals surface area contributed by atoms with Crippen LogP contribution in [0.5, 0.6) is 0 Å². The molecule has 86 valence electrons. The van der Waals surface area contributed by atoms with Crippen molar-refractivity contribution in [3.8, 4) is 0 Å².